The van der Waals surface area contributed by atoms with Crippen LogP contribution in [0.2, 0.25) is 0 Å². The Kier molecular flexibility index (Phi) is 5.35. The molecular formula is C26H16N2O4S. The van der Waals surface area contributed by atoms with E-state index in [1.807, 2.05) is 47.8 Å². The molecule has 5 rings (SSSR count). The van der Waals surface area contributed by atoms with Crippen LogP contribution in [0.1, 0.15) is 33.3 Å². The van der Waals surface area contributed by atoms with Crippen molar-refractivity contribution in [2.24, 2.45) is 0 Å². The Morgan fingerprint density at radius 2 is 1.88 bits per heavy atom. The molecular weight excluding hydrogens is 436 g/mol. The number of rotatable bonds is 6. The second-order valence-corrected chi connectivity index (χ2v) is 8.19. The van der Waals surface area contributed by atoms with Crippen molar-refractivity contribution in [2.75, 3.05) is 0 Å². The van der Waals surface area contributed by atoms with E-state index in [9.17, 15) is 15.2 Å². The minimum atomic E-state index is -1.01. The minimum Gasteiger partial charge on any atom is -0.478 e. The highest BCUT2D eigenvalue weighted by atomic mass is 32.1. The van der Waals surface area contributed by atoms with Crippen LogP contribution < -0.4 is 4.74 Å². The Morgan fingerprint density at radius 1 is 1.03 bits per heavy atom. The molecule has 2 aliphatic rings. The Labute approximate surface area is 193 Å². The lowest BCUT2D eigenvalue weighted by Gasteiger charge is -2.20. The molecule has 1 aromatic carbocycles. The topological polar surface area (TPSA) is 96.3 Å². The molecule has 0 amide bonds. The van der Waals surface area contributed by atoms with Gasteiger partial charge in [0.15, 0.2) is 6.10 Å². The van der Waals surface area contributed by atoms with E-state index >= 15 is 0 Å². The summed E-state index contributed by atoms with van der Waals surface area (Å²) >= 11 is 1.54. The van der Waals surface area contributed by atoms with Crippen molar-refractivity contribution in [1.82, 2.24) is 4.98 Å². The predicted molar refractivity (Wildman–Crippen MR) is 123 cm³/mol. The van der Waals surface area contributed by atoms with Crippen LogP contribution in [0.5, 0.6) is 5.88 Å². The highest BCUT2D eigenvalue weighted by Crippen LogP contribution is 2.35. The molecule has 1 N–H and O–H groups in total. The normalized spacial score (nSPS) is 11.7. The van der Waals surface area contributed by atoms with Crippen molar-refractivity contribution in [3.05, 3.63) is 107 Å². The van der Waals surface area contributed by atoms with Gasteiger partial charge in [-0.1, -0.05) is 30.3 Å². The zero-order chi connectivity index (χ0) is 22.8. The van der Waals surface area contributed by atoms with Crippen molar-refractivity contribution in [3.63, 3.8) is 0 Å². The number of pyridine rings is 1. The van der Waals surface area contributed by atoms with Gasteiger partial charge in [-0.25, -0.2) is 9.78 Å². The van der Waals surface area contributed by atoms with Gasteiger partial charge in [-0.15, -0.1) is 11.3 Å². The number of aromatic carboxylic acids is 1. The number of hydrogen-bond donors (Lipinski definition) is 1. The van der Waals surface area contributed by atoms with Crippen molar-refractivity contribution in [2.45, 2.75) is 6.10 Å². The number of carboxylic acid groups (broad SMARTS) is 1. The summed E-state index contributed by atoms with van der Waals surface area (Å²) in [6.45, 7) is 0. The number of carboxylic acids is 1. The van der Waals surface area contributed by atoms with E-state index in [2.05, 4.69) is 11.1 Å². The fourth-order valence-corrected chi connectivity index (χ4v) is 4.20. The van der Waals surface area contributed by atoms with Crippen LogP contribution in [0.4, 0.5) is 0 Å². The molecule has 2 aromatic heterocycles. The molecule has 33 heavy (non-hydrogen) atoms. The molecule has 1 atom stereocenters. The summed E-state index contributed by atoms with van der Waals surface area (Å²) in [5.41, 5.74) is 2.77. The molecule has 0 fully saturated rings. The lowest BCUT2D eigenvalue weighted by atomic mass is 10.0. The maximum Gasteiger partial charge on any atom is 0.335 e. The molecule has 0 saturated heterocycles. The van der Waals surface area contributed by atoms with Crippen molar-refractivity contribution < 1.29 is 19.1 Å². The first-order valence-electron chi connectivity index (χ1n) is 10.1. The smallest absolute Gasteiger partial charge is 0.335 e. The second-order valence-electron chi connectivity index (χ2n) is 7.25. The average molecular weight is 452 g/mol. The van der Waals surface area contributed by atoms with Crippen LogP contribution in [-0.2, 0) is 0 Å². The largest absolute Gasteiger partial charge is 0.478 e. The van der Waals surface area contributed by atoms with Crippen molar-refractivity contribution >= 4 is 17.3 Å². The third kappa shape index (κ3) is 4.07. The molecule has 0 radical (unpaired) electrons. The van der Waals surface area contributed by atoms with E-state index in [0.717, 1.165) is 10.4 Å². The predicted octanol–water partition coefficient (Wildman–Crippen LogP) is 6.25. The standard InChI is InChI=1S/C26H16N2O4S/c27-15-19-10-12-20(23-5-2-14-33-23)28-25(19)32-24(17-6-8-18(9-7-17)26(29)30)22-13-11-16-3-1-4-21(16)31-22/h1-14,24H,(H,29,30). The van der Waals surface area contributed by atoms with E-state index in [1.165, 1.54) is 12.1 Å². The van der Waals surface area contributed by atoms with Crippen LogP contribution in [0.3, 0.4) is 0 Å². The number of nitrogens with zero attached hydrogens (tertiary/aromatic N) is 2. The summed E-state index contributed by atoms with van der Waals surface area (Å²) in [4.78, 5) is 16.9. The Balaban J connectivity index is 1.60. The van der Waals surface area contributed by atoms with Gasteiger partial charge >= 0.3 is 5.97 Å². The maximum atomic E-state index is 11.3. The molecule has 3 heterocycles. The van der Waals surface area contributed by atoms with Gasteiger partial charge in [0.25, 0.3) is 0 Å². The van der Waals surface area contributed by atoms with E-state index in [4.69, 9.17) is 9.15 Å². The molecule has 1 aliphatic heterocycles. The Bertz CT molecular complexity index is 1430. The summed E-state index contributed by atoms with van der Waals surface area (Å²) in [7, 11) is 0. The lowest BCUT2D eigenvalue weighted by Crippen LogP contribution is -2.12. The first-order valence-corrected chi connectivity index (χ1v) is 10.9. The quantitative estimate of drug-likeness (QED) is 0.327. The molecule has 0 spiro atoms. The first kappa shape index (κ1) is 20.5. The zero-order valence-electron chi connectivity index (χ0n) is 17.1. The van der Waals surface area contributed by atoms with Gasteiger partial charge in [0.1, 0.15) is 23.2 Å². The zero-order valence-corrected chi connectivity index (χ0v) is 18.0. The van der Waals surface area contributed by atoms with Crippen LogP contribution >= 0.6 is 11.3 Å². The van der Waals surface area contributed by atoms with Gasteiger partial charge in [-0.2, -0.15) is 5.26 Å². The molecule has 7 heteroatoms. The van der Waals surface area contributed by atoms with Crippen molar-refractivity contribution in [3.8, 4) is 33.8 Å². The second kappa shape index (κ2) is 8.61. The summed E-state index contributed by atoms with van der Waals surface area (Å²) in [5.74, 6) is 0.362. The highest BCUT2D eigenvalue weighted by Gasteiger charge is 2.23. The third-order valence-corrected chi connectivity index (χ3v) is 6.06. The summed E-state index contributed by atoms with van der Waals surface area (Å²) in [6.07, 6.45) is -0.745. The summed E-state index contributed by atoms with van der Waals surface area (Å²) in [5, 5.41) is 20.9. The Morgan fingerprint density at radius 3 is 2.61 bits per heavy atom. The molecule has 160 valence electrons. The number of hydrogen-bond acceptors (Lipinski definition) is 6. The molecule has 6 nitrogen and oxygen atoms in total. The minimum absolute atomic E-state index is 0.163. The van der Waals surface area contributed by atoms with Crippen LogP contribution in [0.15, 0.2) is 88.7 Å². The maximum absolute atomic E-state index is 11.3. The highest BCUT2D eigenvalue weighted by molar-refractivity contribution is 7.13. The fraction of sp³-hybridized carbons (Fsp3) is 0.0385. The molecule has 1 unspecified atom stereocenters. The number of aromatic nitrogens is 1. The number of fused-ring (bicyclic) bond motifs is 1. The van der Waals surface area contributed by atoms with Crippen molar-refractivity contribution in [1.29, 1.82) is 5.26 Å². The first-order chi connectivity index (χ1) is 16.1. The monoisotopic (exact) mass is 452 g/mol. The van der Waals surface area contributed by atoms with E-state index < -0.39 is 12.1 Å². The summed E-state index contributed by atoms with van der Waals surface area (Å²) < 4.78 is 12.4. The summed E-state index contributed by atoms with van der Waals surface area (Å²) in [6, 6.07) is 25.3. The van der Waals surface area contributed by atoms with E-state index in [-0.39, 0.29) is 17.0 Å². The number of benzene rings is 1. The lowest BCUT2D eigenvalue weighted by molar-refractivity contribution is 0.0696. The molecule has 0 bridgehead atoms. The van der Waals surface area contributed by atoms with Crippen LogP contribution in [0, 0.1) is 11.3 Å². The number of thiophene rings is 1. The van der Waals surface area contributed by atoms with Crippen LogP contribution in [-0.4, -0.2) is 16.1 Å². The van der Waals surface area contributed by atoms with Gasteiger partial charge < -0.3 is 14.3 Å². The average Bonchev–Trinajstić information content (AvgIpc) is 3.54. The third-order valence-electron chi connectivity index (χ3n) is 5.17. The Hall–Kier alpha value is -4.41. The molecule has 0 saturated carbocycles. The van der Waals surface area contributed by atoms with E-state index in [1.54, 1.807) is 35.6 Å². The van der Waals surface area contributed by atoms with Gasteiger partial charge in [0.2, 0.25) is 5.88 Å². The van der Waals surface area contributed by atoms with E-state index in [0.29, 0.717) is 22.8 Å². The number of carbonyl (C=O) groups is 1. The number of nitriles is 1. The SMILES string of the molecule is N#Cc1ccc(-c2cccs2)nc1OC(c1ccc(C(=O)O)cc1)c1ccc2cccc-2o1. The fourth-order valence-electron chi connectivity index (χ4n) is 3.50. The van der Waals surface area contributed by atoms with Gasteiger partial charge in [-0.3, -0.25) is 0 Å². The van der Waals surface area contributed by atoms with Gasteiger partial charge in [0.05, 0.1) is 16.1 Å². The van der Waals surface area contributed by atoms with Gasteiger partial charge in [0, 0.05) is 11.1 Å². The molecule has 1 aliphatic carbocycles. The molecule has 3 aromatic rings. The van der Waals surface area contributed by atoms with Gasteiger partial charge in [-0.05, 0) is 53.9 Å². The number of ether oxygens (including phenoxy) is 1. The van der Waals surface area contributed by atoms with Crippen LogP contribution in [0.25, 0.3) is 21.9 Å².